The summed E-state index contributed by atoms with van der Waals surface area (Å²) in [6.07, 6.45) is 4.44. The van der Waals surface area contributed by atoms with Crippen molar-refractivity contribution in [1.82, 2.24) is 5.32 Å². The van der Waals surface area contributed by atoms with Crippen LogP contribution in [0.2, 0.25) is 5.02 Å². The van der Waals surface area contributed by atoms with E-state index in [0.29, 0.717) is 22.1 Å². The van der Waals surface area contributed by atoms with Gasteiger partial charge in [-0.1, -0.05) is 11.6 Å². The number of halogens is 1. The third kappa shape index (κ3) is 2.50. The maximum atomic E-state index is 12.3. The zero-order valence-corrected chi connectivity index (χ0v) is 13.4. The van der Waals surface area contributed by atoms with E-state index in [9.17, 15) is 4.79 Å². The Balaban J connectivity index is 1.82. The normalized spacial score (nSPS) is 16.3. The molecule has 20 heavy (non-hydrogen) atoms. The Bertz CT molecular complexity index is 679. The van der Waals surface area contributed by atoms with E-state index >= 15 is 0 Å². The van der Waals surface area contributed by atoms with E-state index in [1.54, 1.807) is 6.07 Å². The third-order valence-corrected chi connectivity index (χ3v) is 6.53. The third-order valence-electron chi connectivity index (χ3n) is 3.71. The lowest BCUT2D eigenvalue weighted by Gasteiger charge is -2.12. The first-order chi connectivity index (χ1) is 9.54. The Kier molecular flexibility index (Phi) is 3.60. The highest BCUT2D eigenvalue weighted by atomic mass is 35.5. The Labute approximate surface area is 130 Å². The lowest BCUT2D eigenvalue weighted by atomic mass is 10.2. The van der Waals surface area contributed by atoms with E-state index < -0.39 is 0 Å². The minimum absolute atomic E-state index is 0.0832. The number of rotatable bonds is 4. The Hall–Kier alpha value is -0.910. The van der Waals surface area contributed by atoms with Gasteiger partial charge >= 0.3 is 0 Å². The SMILES string of the molecule is CSC1(CNC(=O)c2sc3cc(Cl)ccc3c2N)CC1. The summed E-state index contributed by atoms with van der Waals surface area (Å²) >= 11 is 9.19. The van der Waals surface area contributed by atoms with Crippen molar-refractivity contribution in [1.29, 1.82) is 0 Å². The molecule has 1 fully saturated rings. The first-order valence-corrected chi connectivity index (χ1v) is 8.77. The van der Waals surface area contributed by atoms with E-state index in [1.165, 1.54) is 24.2 Å². The number of hydrogen-bond acceptors (Lipinski definition) is 4. The van der Waals surface area contributed by atoms with Gasteiger partial charge in [0.1, 0.15) is 4.88 Å². The number of nitrogens with two attached hydrogens (primary N) is 1. The van der Waals surface area contributed by atoms with Gasteiger partial charge in [-0.3, -0.25) is 4.79 Å². The van der Waals surface area contributed by atoms with Crippen molar-refractivity contribution in [3.05, 3.63) is 28.1 Å². The van der Waals surface area contributed by atoms with Crippen LogP contribution in [0, 0.1) is 0 Å². The summed E-state index contributed by atoms with van der Waals surface area (Å²) in [5, 5.41) is 4.56. The zero-order chi connectivity index (χ0) is 14.3. The van der Waals surface area contributed by atoms with Crippen LogP contribution < -0.4 is 11.1 Å². The molecule has 0 aliphatic heterocycles. The standard InChI is InChI=1S/C14H15ClN2OS2/c1-19-14(4-5-14)7-17-13(18)12-11(16)9-3-2-8(15)6-10(9)20-12/h2-3,6H,4-5,7,16H2,1H3,(H,17,18). The molecule has 2 aromatic rings. The molecule has 0 radical (unpaired) electrons. The van der Waals surface area contributed by atoms with Crippen LogP contribution in [0.3, 0.4) is 0 Å². The quantitative estimate of drug-likeness (QED) is 0.899. The molecule has 3 nitrogen and oxygen atoms in total. The van der Waals surface area contributed by atoms with Gasteiger partial charge in [-0.2, -0.15) is 11.8 Å². The van der Waals surface area contributed by atoms with Gasteiger partial charge in [-0.25, -0.2) is 0 Å². The fraction of sp³-hybridized carbons (Fsp3) is 0.357. The number of fused-ring (bicyclic) bond motifs is 1. The van der Waals surface area contributed by atoms with Gasteiger partial charge in [0.2, 0.25) is 0 Å². The van der Waals surface area contributed by atoms with Gasteiger partial charge in [0, 0.05) is 26.4 Å². The molecule has 6 heteroatoms. The minimum Gasteiger partial charge on any atom is -0.397 e. The number of thiophene rings is 1. The van der Waals surface area contributed by atoms with E-state index in [-0.39, 0.29) is 10.7 Å². The van der Waals surface area contributed by atoms with E-state index in [4.69, 9.17) is 17.3 Å². The summed E-state index contributed by atoms with van der Waals surface area (Å²) < 4.78 is 1.20. The monoisotopic (exact) mass is 326 g/mol. The lowest BCUT2D eigenvalue weighted by Crippen LogP contribution is -2.31. The number of hydrogen-bond donors (Lipinski definition) is 2. The maximum Gasteiger partial charge on any atom is 0.263 e. The van der Waals surface area contributed by atoms with Crippen molar-refractivity contribution < 1.29 is 4.79 Å². The average molecular weight is 327 g/mol. The highest BCUT2D eigenvalue weighted by Gasteiger charge is 2.42. The van der Waals surface area contributed by atoms with Crippen molar-refractivity contribution in [3.63, 3.8) is 0 Å². The van der Waals surface area contributed by atoms with Crippen molar-refractivity contribution in [2.45, 2.75) is 17.6 Å². The predicted molar refractivity (Wildman–Crippen MR) is 89.1 cm³/mol. The largest absolute Gasteiger partial charge is 0.397 e. The summed E-state index contributed by atoms with van der Waals surface area (Å²) in [5.74, 6) is -0.0832. The first-order valence-electron chi connectivity index (χ1n) is 6.35. The van der Waals surface area contributed by atoms with Crippen LogP contribution >= 0.6 is 34.7 Å². The number of nitrogen functional groups attached to an aromatic ring is 1. The molecule has 1 aromatic heterocycles. The van der Waals surface area contributed by atoms with Gasteiger partial charge in [0.25, 0.3) is 5.91 Å². The van der Waals surface area contributed by atoms with Crippen LogP contribution in [-0.4, -0.2) is 23.5 Å². The number of thioether (sulfide) groups is 1. The molecule has 0 saturated heterocycles. The summed E-state index contributed by atoms with van der Waals surface area (Å²) in [6, 6.07) is 5.51. The fourth-order valence-corrected chi connectivity index (χ4v) is 4.22. The highest BCUT2D eigenvalue weighted by Crippen LogP contribution is 2.46. The fourth-order valence-electron chi connectivity index (χ4n) is 2.17. The maximum absolute atomic E-state index is 12.3. The molecule has 106 valence electrons. The molecule has 1 heterocycles. The number of carbonyl (C=O) groups excluding carboxylic acids is 1. The molecule has 1 saturated carbocycles. The van der Waals surface area contributed by atoms with Gasteiger partial charge in [0.05, 0.1) is 5.69 Å². The lowest BCUT2D eigenvalue weighted by molar-refractivity contribution is 0.0958. The second-order valence-corrected chi connectivity index (χ2v) is 7.82. The molecule has 1 aromatic carbocycles. The van der Waals surface area contributed by atoms with Crippen molar-refractivity contribution >= 4 is 56.4 Å². The molecule has 0 bridgehead atoms. The first kappa shape index (κ1) is 14.0. The molecule has 3 N–H and O–H groups in total. The summed E-state index contributed by atoms with van der Waals surface area (Å²) in [7, 11) is 0. The number of nitrogens with one attached hydrogen (secondary N) is 1. The van der Waals surface area contributed by atoms with Crippen LogP contribution in [0.4, 0.5) is 5.69 Å². The van der Waals surface area contributed by atoms with E-state index in [2.05, 4.69) is 11.6 Å². The average Bonchev–Trinajstić information content (AvgIpc) is 3.15. The second kappa shape index (κ2) is 5.13. The van der Waals surface area contributed by atoms with Crippen LogP contribution in [0.5, 0.6) is 0 Å². The van der Waals surface area contributed by atoms with Gasteiger partial charge < -0.3 is 11.1 Å². The minimum atomic E-state index is -0.0832. The number of benzene rings is 1. The van der Waals surface area contributed by atoms with Crippen molar-refractivity contribution in [2.24, 2.45) is 0 Å². The van der Waals surface area contributed by atoms with Crippen LogP contribution in [0.15, 0.2) is 18.2 Å². The molecule has 0 spiro atoms. The smallest absolute Gasteiger partial charge is 0.263 e. The highest BCUT2D eigenvalue weighted by molar-refractivity contribution is 8.00. The molecule has 1 amide bonds. The van der Waals surface area contributed by atoms with Crippen molar-refractivity contribution in [3.8, 4) is 0 Å². The Morgan fingerprint density at radius 1 is 1.55 bits per heavy atom. The molecule has 0 unspecified atom stereocenters. The number of amides is 1. The Morgan fingerprint density at radius 2 is 2.30 bits per heavy atom. The zero-order valence-electron chi connectivity index (χ0n) is 11.0. The van der Waals surface area contributed by atoms with Gasteiger partial charge in [-0.05, 0) is 37.3 Å². The Morgan fingerprint density at radius 3 is 2.95 bits per heavy atom. The number of anilines is 1. The van der Waals surface area contributed by atoms with E-state index in [1.807, 2.05) is 23.9 Å². The van der Waals surface area contributed by atoms with Crippen LogP contribution in [-0.2, 0) is 0 Å². The molecular weight excluding hydrogens is 312 g/mol. The molecule has 1 aliphatic rings. The molecule has 0 atom stereocenters. The van der Waals surface area contributed by atoms with Gasteiger partial charge in [0.15, 0.2) is 0 Å². The van der Waals surface area contributed by atoms with Gasteiger partial charge in [-0.15, -0.1) is 11.3 Å². The predicted octanol–water partition coefficient (Wildman–Crippen LogP) is 3.76. The molecule has 1 aliphatic carbocycles. The second-order valence-electron chi connectivity index (χ2n) is 5.06. The molecular formula is C14H15ClN2OS2. The summed E-state index contributed by atoms with van der Waals surface area (Å²) in [4.78, 5) is 12.9. The van der Waals surface area contributed by atoms with E-state index in [0.717, 1.165) is 10.1 Å². The van der Waals surface area contributed by atoms with Crippen molar-refractivity contribution in [2.75, 3.05) is 18.5 Å². The summed E-state index contributed by atoms with van der Waals surface area (Å²) in [5.41, 5.74) is 6.63. The topological polar surface area (TPSA) is 55.1 Å². The van der Waals surface area contributed by atoms with Crippen LogP contribution in [0.1, 0.15) is 22.5 Å². The molecule has 3 rings (SSSR count). The number of carbonyl (C=O) groups is 1. The van der Waals surface area contributed by atoms with Crippen LogP contribution in [0.25, 0.3) is 10.1 Å². The summed E-state index contributed by atoms with van der Waals surface area (Å²) in [6.45, 7) is 0.710.